The van der Waals surface area contributed by atoms with Crippen molar-refractivity contribution in [2.24, 2.45) is 5.73 Å². The van der Waals surface area contributed by atoms with Gasteiger partial charge in [0.15, 0.2) is 0 Å². The van der Waals surface area contributed by atoms with Gasteiger partial charge in [0.05, 0.1) is 10.7 Å². The van der Waals surface area contributed by atoms with Crippen LogP contribution in [0.4, 0.5) is 5.69 Å². The van der Waals surface area contributed by atoms with Gasteiger partial charge in [-0.05, 0) is 18.1 Å². The van der Waals surface area contributed by atoms with E-state index in [0.29, 0.717) is 11.8 Å². The van der Waals surface area contributed by atoms with Crippen LogP contribution in [0.25, 0.3) is 0 Å². The van der Waals surface area contributed by atoms with Gasteiger partial charge in [0, 0.05) is 30.6 Å². The summed E-state index contributed by atoms with van der Waals surface area (Å²) in [7, 11) is 0. The Hall–Kier alpha value is -0.380. The van der Waals surface area contributed by atoms with Gasteiger partial charge in [-0.25, -0.2) is 0 Å². The van der Waals surface area contributed by atoms with Crippen LogP contribution in [0.5, 0.6) is 0 Å². The smallest absolute Gasteiger partial charge is 0.0642 e. The SMILES string of the molecule is CCC1CN(c2c(Cl)cccc2CN)CCS1. The fraction of sp³-hybridized carbons (Fsp3) is 0.538. The number of benzene rings is 1. The van der Waals surface area contributed by atoms with Crippen molar-refractivity contribution in [2.45, 2.75) is 25.1 Å². The lowest BCUT2D eigenvalue weighted by Crippen LogP contribution is -2.38. The molecule has 2 nitrogen and oxygen atoms in total. The molecule has 1 unspecified atom stereocenters. The minimum atomic E-state index is 0.552. The number of nitrogens with two attached hydrogens (primary N) is 1. The molecule has 0 saturated carbocycles. The molecule has 17 heavy (non-hydrogen) atoms. The van der Waals surface area contributed by atoms with Gasteiger partial charge < -0.3 is 10.6 Å². The summed E-state index contributed by atoms with van der Waals surface area (Å²) in [6.07, 6.45) is 1.21. The number of rotatable bonds is 3. The molecule has 0 bridgehead atoms. The first-order chi connectivity index (χ1) is 8.26. The van der Waals surface area contributed by atoms with E-state index in [1.807, 2.05) is 12.1 Å². The van der Waals surface area contributed by atoms with Gasteiger partial charge in [0.25, 0.3) is 0 Å². The van der Waals surface area contributed by atoms with Gasteiger partial charge in [-0.1, -0.05) is 30.7 Å². The monoisotopic (exact) mass is 270 g/mol. The van der Waals surface area contributed by atoms with Crippen LogP contribution < -0.4 is 10.6 Å². The van der Waals surface area contributed by atoms with Crippen molar-refractivity contribution in [1.82, 2.24) is 0 Å². The summed E-state index contributed by atoms with van der Waals surface area (Å²) >= 11 is 8.39. The first-order valence-electron chi connectivity index (χ1n) is 6.10. The molecule has 0 aliphatic carbocycles. The van der Waals surface area contributed by atoms with Crippen LogP contribution in [0.15, 0.2) is 18.2 Å². The van der Waals surface area contributed by atoms with E-state index in [2.05, 4.69) is 29.7 Å². The molecule has 1 atom stereocenters. The molecule has 2 rings (SSSR count). The van der Waals surface area contributed by atoms with Crippen LogP contribution in [0.2, 0.25) is 5.02 Å². The molecule has 2 N–H and O–H groups in total. The van der Waals surface area contributed by atoms with Crippen molar-refractivity contribution in [3.05, 3.63) is 28.8 Å². The first-order valence-corrected chi connectivity index (χ1v) is 7.53. The highest BCUT2D eigenvalue weighted by Gasteiger charge is 2.22. The zero-order chi connectivity index (χ0) is 12.3. The van der Waals surface area contributed by atoms with E-state index in [-0.39, 0.29) is 0 Å². The molecule has 1 fully saturated rings. The van der Waals surface area contributed by atoms with Crippen molar-refractivity contribution >= 4 is 29.1 Å². The van der Waals surface area contributed by atoms with Gasteiger partial charge in [-0.2, -0.15) is 11.8 Å². The number of anilines is 1. The molecule has 0 radical (unpaired) electrons. The van der Waals surface area contributed by atoms with E-state index in [4.69, 9.17) is 17.3 Å². The third-order valence-corrected chi connectivity index (χ3v) is 4.88. The molecule has 4 heteroatoms. The van der Waals surface area contributed by atoms with Gasteiger partial charge >= 0.3 is 0 Å². The molecule has 1 aromatic rings. The molecule has 94 valence electrons. The van der Waals surface area contributed by atoms with Crippen LogP contribution in [-0.4, -0.2) is 24.1 Å². The zero-order valence-electron chi connectivity index (χ0n) is 10.2. The highest BCUT2D eigenvalue weighted by Crippen LogP contribution is 2.33. The van der Waals surface area contributed by atoms with E-state index in [1.54, 1.807) is 0 Å². The summed E-state index contributed by atoms with van der Waals surface area (Å²) in [6, 6.07) is 6.01. The lowest BCUT2D eigenvalue weighted by atomic mass is 10.1. The van der Waals surface area contributed by atoms with E-state index < -0.39 is 0 Å². The number of thioether (sulfide) groups is 1. The Morgan fingerprint density at radius 2 is 2.35 bits per heavy atom. The maximum Gasteiger partial charge on any atom is 0.0642 e. The lowest BCUT2D eigenvalue weighted by molar-refractivity contribution is 0.725. The summed E-state index contributed by atoms with van der Waals surface area (Å²) in [5, 5.41) is 1.54. The third kappa shape index (κ3) is 2.90. The van der Waals surface area contributed by atoms with E-state index in [1.165, 1.54) is 12.2 Å². The number of halogens is 1. The molecular formula is C13H19ClN2S. The normalized spacial score (nSPS) is 20.6. The highest BCUT2D eigenvalue weighted by atomic mass is 35.5. The standard InChI is InChI=1S/C13H19ClN2S/c1-2-11-9-16(6-7-17-11)13-10(8-15)4-3-5-12(13)14/h3-5,11H,2,6-9,15H2,1H3. The van der Waals surface area contributed by atoms with E-state index in [0.717, 1.165) is 29.4 Å². The fourth-order valence-corrected chi connectivity index (χ4v) is 3.74. The average molecular weight is 271 g/mol. The second-order valence-electron chi connectivity index (χ2n) is 4.30. The molecular weight excluding hydrogens is 252 g/mol. The number of nitrogens with zero attached hydrogens (tertiary/aromatic N) is 1. The number of hydrogen-bond acceptors (Lipinski definition) is 3. The Labute approximate surface area is 113 Å². The van der Waals surface area contributed by atoms with Crippen molar-refractivity contribution in [3.8, 4) is 0 Å². The summed E-state index contributed by atoms with van der Waals surface area (Å²) in [6.45, 7) is 4.95. The Balaban J connectivity index is 2.26. The molecule has 1 heterocycles. The maximum absolute atomic E-state index is 6.33. The minimum absolute atomic E-state index is 0.552. The highest BCUT2D eigenvalue weighted by molar-refractivity contribution is 8.00. The zero-order valence-corrected chi connectivity index (χ0v) is 11.7. The molecule has 0 amide bonds. The van der Waals surface area contributed by atoms with Crippen LogP contribution in [-0.2, 0) is 6.54 Å². The summed E-state index contributed by atoms with van der Waals surface area (Å²) in [5.74, 6) is 1.17. The molecule has 0 aromatic heterocycles. The average Bonchev–Trinajstić information content (AvgIpc) is 2.38. The van der Waals surface area contributed by atoms with Gasteiger partial charge in [-0.3, -0.25) is 0 Å². The van der Waals surface area contributed by atoms with Crippen molar-refractivity contribution in [2.75, 3.05) is 23.7 Å². The summed E-state index contributed by atoms with van der Waals surface area (Å²) in [5.41, 5.74) is 8.10. The predicted molar refractivity (Wildman–Crippen MR) is 78.1 cm³/mol. The van der Waals surface area contributed by atoms with Crippen LogP contribution in [0.1, 0.15) is 18.9 Å². The van der Waals surface area contributed by atoms with Crippen molar-refractivity contribution < 1.29 is 0 Å². The summed E-state index contributed by atoms with van der Waals surface area (Å²) < 4.78 is 0. The van der Waals surface area contributed by atoms with Gasteiger partial charge in [0.1, 0.15) is 0 Å². The second kappa shape index (κ2) is 5.98. The molecule has 0 spiro atoms. The summed E-state index contributed by atoms with van der Waals surface area (Å²) in [4.78, 5) is 2.40. The topological polar surface area (TPSA) is 29.3 Å². The number of para-hydroxylation sites is 1. The van der Waals surface area contributed by atoms with Crippen molar-refractivity contribution in [1.29, 1.82) is 0 Å². The van der Waals surface area contributed by atoms with Crippen LogP contribution in [0.3, 0.4) is 0 Å². The maximum atomic E-state index is 6.33. The third-order valence-electron chi connectivity index (χ3n) is 3.20. The van der Waals surface area contributed by atoms with Crippen molar-refractivity contribution in [3.63, 3.8) is 0 Å². The predicted octanol–water partition coefficient (Wildman–Crippen LogP) is 3.13. The molecule has 1 aromatic carbocycles. The van der Waals surface area contributed by atoms with Gasteiger partial charge in [-0.15, -0.1) is 0 Å². The van der Waals surface area contributed by atoms with E-state index >= 15 is 0 Å². The van der Waals surface area contributed by atoms with Crippen LogP contribution >= 0.6 is 23.4 Å². The Morgan fingerprint density at radius 3 is 3.06 bits per heavy atom. The van der Waals surface area contributed by atoms with Gasteiger partial charge in [0.2, 0.25) is 0 Å². The first kappa shape index (κ1) is 13.1. The minimum Gasteiger partial charge on any atom is -0.368 e. The Morgan fingerprint density at radius 1 is 1.53 bits per heavy atom. The second-order valence-corrected chi connectivity index (χ2v) is 6.11. The largest absolute Gasteiger partial charge is 0.368 e. The molecule has 1 aliphatic rings. The fourth-order valence-electron chi connectivity index (χ4n) is 2.25. The number of hydrogen-bond donors (Lipinski definition) is 1. The van der Waals surface area contributed by atoms with E-state index in [9.17, 15) is 0 Å². The molecule has 1 saturated heterocycles. The Bertz CT molecular complexity index is 384. The quantitative estimate of drug-likeness (QED) is 0.915. The lowest BCUT2D eigenvalue weighted by Gasteiger charge is -2.35. The Kier molecular flexibility index (Phi) is 4.60. The molecule has 1 aliphatic heterocycles. The van der Waals surface area contributed by atoms with Crippen LogP contribution in [0, 0.1) is 0 Å².